The Morgan fingerprint density at radius 3 is 2.66 bits per heavy atom. The molecule has 0 bridgehead atoms. The summed E-state index contributed by atoms with van der Waals surface area (Å²) in [5.41, 5.74) is 0.555. The van der Waals surface area contributed by atoms with Crippen LogP contribution in [0.4, 0.5) is 10.5 Å². The van der Waals surface area contributed by atoms with Gasteiger partial charge >= 0.3 is 12.1 Å². The van der Waals surface area contributed by atoms with Gasteiger partial charge in [0.1, 0.15) is 18.8 Å². The van der Waals surface area contributed by atoms with Crippen LogP contribution >= 0.6 is 0 Å². The normalized spacial score (nSPS) is 19.7. The molecule has 0 unspecified atom stereocenters. The first-order valence-electron chi connectivity index (χ1n) is 9.68. The summed E-state index contributed by atoms with van der Waals surface area (Å²) < 4.78 is 10.7. The Balaban J connectivity index is 1.99. The number of carbonyl (C=O) groups excluding carboxylic acids is 3. The molecule has 2 atom stereocenters. The van der Waals surface area contributed by atoms with Crippen molar-refractivity contribution in [2.45, 2.75) is 58.1 Å². The maximum Gasteiger partial charge on any atom is 0.437 e. The quantitative estimate of drug-likeness (QED) is 0.390. The van der Waals surface area contributed by atoms with Crippen LogP contribution in [0.1, 0.15) is 46.0 Å². The third-order valence-corrected chi connectivity index (χ3v) is 4.17. The maximum absolute atomic E-state index is 12.1. The second-order valence-electron chi connectivity index (χ2n) is 6.64. The molecule has 2 N–H and O–H groups in total. The van der Waals surface area contributed by atoms with Crippen LogP contribution in [0.25, 0.3) is 0 Å². The highest BCUT2D eigenvalue weighted by Crippen LogP contribution is 2.18. The van der Waals surface area contributed by atoms with E-state index in [4.69, 9.17) is 14.3 Å². The van der Waals surface area contributed by atoms with Crippen molar-refractivity contribution in [2.75, 3.05) is 11.9 Å². The second kappa shape index (κ2) is 11.7. The number of hydrogen-bond acceptors (Lipinski definition) is 7. The standard InChI is InChI=1S/C20H27N3O6/c1-3-4-10-18(25)22-17-12-11-16(13-27-14(2)24)28-19(17)23-29-20(26)21-15-8-6-5-7-9-15/h5-9,16-17H,3-4,10-13H2,1-2H3,(H,21,26)(H,22,25)/t16-,17-/m1/s1. The molecule has 0 radical (unpaired) electrons. The van der Waals surface area contributed by atoms with Gasteiger partial charge in [-0.05, 0) is 36.6 Å². The minimum Gasteiger partial charge on any atom is -0.470 e. The summed E-state index contributed by atoms with van der Waals surface area (Å²) in [7, 11) is 0. The van der Waals surface area contributed by atoms with Crippen molar-refractivity contribution in [1.29, 1.82) is 0 Å². The van der Waals surface area contributed by atoms with E-state index in [2.05, 4.69) is 15.8 Å². The number of nitrogens with zero attached hydrogens (tertiary/aromatic N) is 1. The van der Waals surface area contributed by atoms with E-state index in [1.807, 2.05) is 13.0 Å². The Morgan fingerprint density at radius 2 is 1.97 bits per heavy atom. The molecule has 9 nitrogen and oxygen atoms in total. The molecule has 1 heterocycles. The minimum atomic E-state index is -0.787. The third-order valence-electron chi connectivity index (χ3n) is 4.17. The van der Waals surface area contributed by atoms with Crippen molar-refractivity contribution < 1.29 is 28.7 Å². The van der Waals surface area contributed by atoms with E-state index >= 15 is 0 Å². The highest BCUT2D eigenvalue weighted by Gasteiger charge is 2.31. The predicted octanol–water partition coefficient (Wildman–Crippen LogP) is 2.97. The highest BCUT2D eigenvalue weighted by atomic mass is 16.7. The van der Waals surface area contributed by atoms with Crippen molar-refractivity contribution in [1.82, 2.24) is 5.32 Å². The molecule has 9 heteroatoms. The SMILES string of the molecule is CCCCC(=O)N[C@@H]1CC[C@H](COC(C)=O)OC1=NOC(=O)Nc1ccccc1. The summed E-state index contributed by atoms with van der Waals surface area (Å²) in [5.74, 6) is -0.470. The molecule has 1 aromatic rings. The molecule has 0 aliphatic carbocycles. The number of amides is 2. The Labute approximate surface area is 169 Å². The average Bonchev–Trinajstić information content (AvgIpc) is 2.71. The van der Waals surface area contributed by atoms with Crippen LogP contribution in [-0.4, -0.2) is 42.6 Å². The van der Waals surface area contributed by atoms with E-state index in [0.29, 0.717) is 24.9 Å². The summed E-state index contributed by atoms with van der Waals surface area (Å²) in [4.78, 5) is 40.0. The van der Waals surface area contributed by atoms with Gasteiger partial charge in [0.25, 0.3) is 0 Å². The number of nitrogens with one attached hydrogen (secondary N) is 2. The van der Waals surface area contributed by atoms with E-state index in [1.165, 1.54) is 6.92 Å². The molecule has 1 aliphatic rings. The number of para-hydroxylation sites is 1. The zero-order chi connectivity index (χ0) is 21.1. The lowest BCUT2D eigenvalue weighted by molar-refractivity contribution is -0.144. The number of hydrogen-bond donors (Lipinski definition) is 2. The van der Waals surface area contributed by atoms with Gasteiger partial charge < -0.3 is 14.8 Å². The van der Waals surface area contributed by atoms with Gasteiger partial charge in [-0.3, -0.25) is 19.7 Å². The average molecular weight is 405 g/mol. The van der Waals surface area contributed by atoms with Gasteiger partial charge in [0.15, 0.2) is 0 Å². The van der Waals surface area contributed by atoms with Gasteiger partial charge in [-0.25, -0.2) is 4.79 Å². The fourth-order valence-corrected chi connectivity index (χ4v) is 2.69. The van der Waals surface area contributed by atoms with Gasteiger partial charge in [0.2, 0.25) is 11.8 Å². The zero-order valence-electron chi connectivity index (χ0n) is 16.7. The molecule has 1 aliphatic heterocycles. The van der Waals surface area contributed by atoms with Gasteiger partial charge in [-0.1, -0.05) is 31.5 Å². The van der Waals surface area contributed by atoms with Crippen LogP contribution in [0.2, 0.25) is 0 Å². The number of unbranched alkanes of at least 4 members (excludes halogenated alkanes) is 1. The number of ether oxygens (including phenoxy) is 2. The Hall–Kier alpha value is -3.10. The molecule has 158 valence electrons. The summed E-state index contributed by atoms with van der Waals surface area (Å²) in [5, 5.41) is 9.18. The lowest BCUT2D eigenvalue weighted by atomic mass is 10.0. The van der Waals surface area contributed by atoms with Crippen molar-refractivity contribution in [3.8, 4) is 0 Å². The van der Waals surface area contributed by atoms with E-state index in [-0.39, 0.29) is 18.4 Å². The van der Waals surface area contributed by atoms with Crippen molar-refractivity contribution in [2.24, 2.45) is 5.16 Å². The van der Waals surface area contributed by atoms with Crippen LogP contribution in [0.3, 0.4) is 0 Å². The third kappa shape index (κ3) is 8.20. The lowest BCUT2D eigenvalue weighted by Crippen LogP contribution is -2.47. The molecular formula is C20H27N3O6. The number of carbonyl (C=O) groups is 3. The van der Waals surface area contributed by atoms with E-state index < -0.39 is 24.2 Å². The molecule has 0 aromatic heterocycles. The van der Waals surface area contributed by atoms with Gasteiger partial charge in [-0.15, -0.1) is 0 Å². The molecule has 1 saturated heterocycles. The molecule has 0 saturated carbocycles. The largest absolute Gasteiger partial charge is 0.470 e. The van der Waals surface area contributed by atoms with Crippen molar-refractivity contribution in [3.63, 3.8) is 0 Å². The van der Waals surface area contributed by atoms with Crippen LogP contribution < -0.4 is 10.6 Å². The molecule has 2 rings (SSSR count). The monoisotopic (exact) mass is 405 g/mol. The molecule has 0 spiro atoms. The molecule has 2 amide bonds. The zero-order valence-corrected chi connectivity index (χ0v) is 16.7. The topological polar surface area (TPSA) is 115 Å². The smallest absolute Gasteiger partial charge is 0.437 e. The second-order valence-corrected chi connectivity index (χ2v) is 6.64. The van der Waals surface area contributed by atoms with E-state index in [9.17, 15) is 14.4 Å². The molecular weight excluding hydrogens is 378 g/mol. The maximum atomic E-state index is 12.1. The Morgan fingerprint density at radius 1 is 1.21 bits per heavy atom. The van der Waals surface area contributed by atoms with Crippen LogP contribution in [0, 0.1) is 0 Å². The fourth-order valence-electron chi connectivity index (χ4n) is 2.69. The number of benzene rings is 1. The highest BCUT2D eigenvalue weighted by molar-refractivity contribution is 5.89. The first kappa shape index (κ1) is 22.2. The summed E-state index contributed by atoms with van der Waals surface area (Å²) >= 11 is 0. The minimum absolute atomic E-state index is 0.0566. The van der Waals surface area contributed by atoms with E-state index in [0.717, 1.165) is 12.8 Å². The first-order chi connectivity index (χ1) is 14.0. The predicted molar refractivity (Wildman–Crippen MR) is 106 cm³/mol. The van der Waals surface area contributed by atoms with Crippen molar-refractivity contribution in [3.05, 3.63) is 30.3 Å². The number of oxime groups is 1. The summed E-state index contributed by atoms with van der Waals surface area (Å²) in [6, 6.07) is 8.26. The van der Waals surface area contributed by atoms with Crippen LogP contribution in [0.15, 0.2) is 35.5 Å². The Kier molecular flexibility index (Phi) is 8.94. The summed E-state index contributed by atoms with van der Waals surface area (Å²) in [6.45, 7) is 3.37. The van der Waals surface area contributed by atoms with Gasteiger partial charge in [0.05, 0.1) is 0 Å². The Bertz CT molecular complexity index is 722. The fraction of sp³-hybridized carbons (Fsp3) is 0.500. The number of anilines is 1. The van der Waals surface area contributed by atoms with Gasteiger partial charge in [-0.2, -0.15) is 0 Å². The molecule has 1 fully saturated rings. The first-order valence-corrected chi connectivity index (χ1v) is 9.68. The number of esters is 1. The van der Waals surface area contributed by atoms with Gasteiger partial charge in [0, 0.05) is 19.0 Å². The van der Waals surface area contributed by atoms with Crippen LogP contribution in [0.5, 0.6) is 0 Å². The lowest BCUT2D eigenvalue weighted by Gasteiger charge is -2.30. The molecule has 29 heavy (non-hydrogen) atoms. The number of rotatable bonds is 8. The van der Waals surface area contributed by atoms with Crippen LogP contribution in [-0.2, 0) is 23.9 Å². The molecule has 1 aromatic carbocycles. The van der Waals surface area contributed by atoms with Crippen molar-refractivity contribution >= 4 is 29.6 Å². The van der Waals surface area contributed by atoms with E-state index in [1.54, 1.807) is 24.3 Å². The summed E-state index contributed by atoms with van der Waals surface area (Å²) in [6.07, 6.45) is 1.94.